The van der Waals surface area contributed by atoms with E-state index in [1.807, 2.05) is 6.07 Å². The van der Waals surface area contributed by atoms with Crippen molar-refractivity contribution in [2.45, 2.75) is 6.42 Å². The Balaban J connectivity index is 1.83. The molecule has 0 fully saturated rings. The maximum absolute atomic E-state index is 12.8. The lowest BCUT2D eigenvalue weighted by atomic mass is 10.1. The largest absolute Gasteiger partial charge is 0.360 e. The van der Waals surface area contributed by atoms with Gasteiger partial charge >= 0.3 is 0 Å². The predicted octanol–water partition coefficient (Wildman–Crippen LogP) is 2.33. The van der Waals surface area contributed by atoms with Crippen LogP contribution in [0.25, 0.3) is 0 Å². The Morgan fingerprint density at radius 3 is 3.07 bits per heavy atom. The predicted molar refractivity (Wildman–Crippen MR) is 58.5 cm³/mol. The summed E-state index contributed by atoms with van der Waals surface area (Å²) in [6, 6.07) is 6.62. The molecule has 2 rings (SSSR count). The minimum atomic E-state index is -0.191. The lowest BCUT2D eigenvalue weighted by molar-refractivity contribution is 0.625. The van der Waals surface area contributed by atoms with Crippen molar-refractivity contribution in [3.63, 3.8) is 0 Å². The first kappa shape index (κ1) is 10.0. The molecule has 0 radical (unpaired) electrons. The standard InChI is InChI=1S/C10H10FN3S/c11-9-3-1-2-8(6-9)4-5-12-10-13-7-14-15-10/h1-3,6-7H,4-5H2,(H,12,13,14). The van der Waals surface area contributed by atoms with E-state index in [1.165, 1.54) is 23.9 Å². The van der Waals surface area contributed by atoms with Gasteiger partial charge in [-0.15, -0.1) is 0 Å². The second kappa shape index (κ2) is 4.84. The van der Waals surface area contributed by atoms with Gasteiger partial charge in [0, 0.05) is 18.1 Å². The van der Waals surface area contributed by atoms with Crippen LogP contribution < -0.4 is 5.32 Å². The third-order valence-corrected chi connectivity index (χ3v) is 2.56. The van der Waals surface area contributed by atoms with Crippen molar-refractivity contribution in [2.75, 3.05) is 11.9 Å². The van der Waals surface area contributed by atoms with E-state index in [0.717, 1.165) is 23.7 Å². The van der Waals surface area contributed by atoms with Crippen LogP contribution in [-0.2, 0) is 6.42 Å². The summed E-state index contributed by atoms with van der Waals surface area (Å²) in [5, 5.41) is 3.91. The van der Waals surface area contributed by atoms with Crippen LogP contribution in [0.2, 0.25) is 0 Å². The lowest BCUT2D eigenvalue weighted by Gasteiger charge is -2.02. The fraction of sp³-hybridized carbons (Fsp3) is 0.200. The molecular formula is C10H10FN3S. The minimum Gasteiger partial charge on any atom is -0.360 e. The molecule has 3 nitrogen and oxygen atoms in total. The topological polar surface area (TPSA) is 37.8 Å². The van der Waals surface area contributed by atoms with Gasteiger partial charge < -0.3 is 5.32 Å². The average Bonchev–Trinajstić information content (AvgIpc) is 2.71. The van der Waals surface area contributed by atoms with Crippen LogP contribution in [0.15, 0.2) is 30.6 Å². The quantitative estimate of drug-likeness (QED) is 0.864. The van der Waals surface area contributed by atoms with E-state index in [0.29, 0.717) is 0 Å². The molecule has 0 aliphatic heterocycles. The Hall–Kier alpha value is -1.49. The summed E-state index contributed by atoms with van der Waals surface area (Å²) in [6.45, 7) is 0.735. The van der Waals surface area contributed by atoms with Crippen LogP contribution in [0.4, 0.5) is 9.52 Å². The fourth-order valence-electron chi connectivity index (χ4n) is 1.26. The molecule has 0 saturated heterocycles. The molecule has 1 aromatic carbocycles. The summed E-state index contributed by atoms with van der Waals surface area (Å²) in [5.74, 6) is -0.191. The summed E-state index contributed by atoms with van der Waals surface area (Å²) in [6.07, 6.45) is 2.28. The Labute approximate surface area is 91.2 Å². The number of nitrogens with zero attached hydrogens (tertiary/aromatic N) is 2. The zero-order valence-corrected chi connectivity index (χ0v) is 8.80. The van der Waals surface area contributed by atoms with Crippen molar-refractivity contribution in [1.82, 2.24) is 9.36 Å². The molecule has 5 heteroatoms. The van der Waals surface area contributed by atoms with Crippen LogP contribution in [0.1, 0.15) is 5.56 Å². The highest BCUT2D eigenvalue weighted by Gasteiger charge is 1.97. The van der Waals surface area contributed by atoms with Crippen LogP contribution in [0.3, 0.4) is 0 Å². The highest BCUT2D eigenvalue weighted by atomic mass is 32.1. The third kappa shape index (κ3) is 2.99. The van der Waals surface area contributed by atoms with Gasteiger partial charge in [0.25, 0.3) is 0 Å². The maximum atomic E-state index is 12.8. The summed E-state index contributed by atoms with van der Waals surface area (Å²) in [4.78, 5) is 3.99. The molecule has 78 valence electrons. The average molecular weight is 223 g/mol. The van der Waals surface area contributed by atoms with E-state index >= 15 is 0 Å². The smallest absolute Gasteiger partial charge is 0.202 e. The number of halogens is 1. The zero-order chi connectivity index (χ0) is 10.5. The Morgan fingerprint density at radius 2 is 2.33 bits per heavy atom. The molecular weight excluding hydrogens is 213 g/mol. The number of anilines is 1. The van der Waals surface area contributed by atoms with Gasteiger partial charge in [0.2, 0.25) is 5.13 Å². The van der Waals surface area contributed by atoms with E-state index < -0.39 is 0 Å². The van der Waals surface area contributed by atoms with Gasteiger partial charge in [-0.05, 0) is 24.1 Å². The first-order chi connectivity index (χ1) is 7.34. The van der Waals surface area contributed by atoms with Crippen molar-refractivity contribution in [1.29, 1.82) is 0 Å². The monoisotopic (exact) mass is 223 g/mol. The highest BCUT2D eigenvalue weighted by molar-refractivity contribution is 7.09. The fourth-order valence-corrected chi connectivity index (χ4v) is 1.71. The van der Waals surface area contributed by atoms with Crippen molar-refractivity contribution in [3.05, 3.63) is 42.0 Å². The molecule has 1 aromatic heterocycles. The van der Waals surface area contributed by atoms with Gasteiger partial charge in [-0.3, -0.25) is 0 Å². The van der Waals surface area contributed by atoms with Gasteiger partial charge in [-0.25, -0.2) is 9.37 Å². The lowest BCUT2D eigenvalue weighted by Crippen LogP contribution is -2.04. The number of nitrogens with one attached hydrogen (secondary N) is 1. The second-order valence-electron chi connectivity index (χ2n) is 3.05. The Bertz CT molecular complexity index is 416. The van der Waals surface area contributed by atoms with Crippen LogP contribution in [0.5, 0.6) is 0 Å². The van der Waals surface area contributed by atoms with Crippen LogP contribution in [-0.4, -0.2) is 15.9 Å². The van der Waals surface area contributed by atoms with Gasteiger partial charge in [0.05, 0.1) is 0 Å². The molecule has 0 aliphatic carbocycles. The van der Waals surface area contributed by atoms with E-state index in [9.17, 15) is 4.39 Å². The normalized spacial score (nSPS) is 10.2. The summed E-state index contributed by atoms with van der Waals surface area (Å²) < 4.78 is 16.7. The van der Waals surface area contributed by atoms with Crippen molar-refractivity contribution >= 4 is 16.7 Å². The molecule has 0 unspecified atom stereocenters. The number of hydrogen-bond acceptors (Lipinski definition) is 4. The molecule has 0 aliphatic rings. The summed E-state index contributed by atoms with van der Waals surface area (Å²) in [5.41, 5.74) is 0.979. The second-order valence-corrected chi connectivity index (χ2v) is 3.83. The number of aromatic nitrogens is 2. The van der Waals surface area contributed by atoms with Crippen molar-refractivity contribution in [2.24, 2.45) is 0 Å². The maximum Gasteiger partial charge on any atom is 0.202 e. The molecule has 0 atom stereocenters. The van der Waals surface area contributed by atoms with Crippen molar-refractivity contribution < 1.29 is 4.39 Å². The van der Waals surface area contributed by atoms with E-state index in [2.05, 4.69) is 14.7 Å². The van der Waals surface area contributed by atoms with Crippen LogP contribution in [0, 0.1) is 5.82 Å². The molecule has 0 amide bonds. The van der Waals surface area contributed by atoms with Gasteiger partial charge in [0.1, 0.15) is 12.1 Å². The number of hydrogen-bond donors (Lipinski definition) is 1. The summed E-state index contributed by atoms with van der Waals surface area (Å²) in [7, 11) is 0. The molecule has 0 spiro atoms. The molecule has 1 N–H and O–H groups in total. The molecule has 0 bridgehead atoms. The summed E-state index contributed by atoms with van der Waals surface area (Å²) >= 11 is 1.31. The number of rotatable bonds is 4. The zero-order valence-electron chi connectivity index (χ0n) is 7.98. The van der Waals surface area contributed by atoms with Crippen molar-refractivity contribution in [3.8, 4) is 0 Å². The van der Waals surface area contributed by atoms with Gasteiger partial charge in [-0.1, -0.05) is 12.1 Å². The minimum absolute atomic E-state index is 0.191. The van der Waals surface area contributed by atoms with E-state index in [1.54, 1.807) is 12.1 Å². The molecule has 15 heavy (non-hydrogen) atoms. The first-order valence-corrected chi connectivity index (χ1v) is 5.37. The SMILES string of the molecule is Fc1cccc(CCNc2ncns2)c1. The molecule has 2 aromatic rings. The Morgan fingerprint density at radius 1 is 1.40 bits per heavy atom. The van der Waals surface area contributed by atoms with E-state index in [4.69, 9.17) is 0 Å². The third-order valence-electron chi connectivity index (χ3n) is 1.94. The Kier molecular flexibility index (Phi) is 3.24. The molecule has 1 heterocycles. The van der Waals surface area contributed by atoms with E-state index in [-0.39, 0.29) is 5.82 Å². The van der Waals surface area contributed by atoms with Gasteiger partial charge in [0.15, 0.2) is 0 Å². The highest BCUT2D eigenvalue weighted by Crippen LogP contribution is 2.08. The van der Waals surface area contributed by atoms with Gasteiger partial charge in [-0.2, -0.15) is 4.37 Å². The number of benzene rings is 1. The molecule has 0 saturated carbocycles. The first-order valence-electron chi connectivity index (χ1n) is 4.59. The van der Waals surface area contributed by atoms with Crippen LogP contribution >= 0.6 is 11.5 Å².